The Hall–Kier alpha value is -1.84. The van der Waals surface area contributed by atoms with Crippen molar-refractivity contribution in [3.8, 4) is 0 Å². The van der Waals surface area contributed by atoms with E-state index in [9.17, 15) is 0 Å². The number of benzene rings is 2. The van der Waals surface area contributed by atoms with Crippen LogP contribution in [0.1, 0.15) is 23.6 Å². The monoisotopic (exact) mass is 341 g/mol. The third kappa shape index (κ3) is 4.59. The molecule has 0 N–H and O–H groups in total. The van der Waals surface area contributed by atoms with Gasteiger partial charge in [0.2, 0.25) is 0 Å². The fourth-order valence-electron chi connectivity index (χ4n) is 2.87. The molecule has 1 aliphatic rings. The molecule has 1 aliphatic heterocycles. The maximum absolute atomic E-state index is 6.25. The fraction of sp³-hybridized carbons (Fsp3) is 0.350. The number of halogens is 1. The van der Waals surface area contributed by atoms with E-state index in [2.05, 4.69) is 52.3 Å². The largest absolute Gasteiger partial charge is 0.295 e. The molecule has 4 heteroatoms. The van der Waals surface area contributed by atoms with Gasteiger partial charge < -0.3 is 0 Å². The van der Waals surface area contributed by atoms with E-state index >= 15 is 0 Å². The van der Waals surface area contributed by atoms with Crippen molar-refractivity contribution in [2.45, 2.75) is 19.9 Å². The van der Waals surface area contributed by atoms with Crippen LogP contribution in [0.4, 0.5) is 0 Å². The van der Waals surface area contributed by atoms with Gasteiger partial charge in [0.15, 0.2) is 0 Å². The molecule has 1 saturated heterocycles. The van der Waals surface area contributed by atoms with Crippen molar-refractivity contribution >= 4 is 17.8 Å². The molecule has 24 heavy (non-hydrogen) atoms. The van der Waals surface area contributed by atoms with Crippen LogP contribution >= 0.6 is 11.6 Å². The van der Waals surface area contributed by atoms with Gasteiger partial charge in [0.05, 0.1) is 6.21 Å². The van der Waals surface area contributed by atoms with Crippen LogP contribution in [-0.2, 0) is 13.0 Å². The van der Waals surface area contributed by atoms with Crippen LogP contribution in [0.5, 0.6) is 0 Å². The third-order valence-electron chi connectivity index (χ3n) is 4.46. The van der Waals surface area contributed by atoms with Crippen molar-refractivity contribution in [3.05, 3.63) is 70.2 Å². The van der Waals surface area contributed by atoms with Gasteiger partial charge in [-0.3, -0.25) is 9.91 Å². The summed E-state index contributed by atoms with van der Waals surface area (Å²) in [5, 5.41) is 7.63. The van der Waals surface area contributed by atoms with Crippen molar-refractivity contribution in [1.29, 1.82) is 0 Å². The summed E-state index contributed by atoms with van der Waals surface area (Å²) in [4.78, 5) is 2.43. The minimum atomic E-state index is 0.855. The Balaban J connectivity index is 1.49. The molecule has 3 rings (SSSR count). The summed E-state index contributed by atoms with van der Waals surface area (Å²) in [6, 6.07) is 16.7. The maximum Gasteiger partial charge on any atom is 0.0542 e. The van der Waals surface area contributed by atoms with E-state index in [4.69, 9.17) is 11.6 Å². The fourth-order valence-corrected chi connectivity index (χ4v) is 3.06. The van der Waals surface area contributed by atoms with Crippen molar-refractivity contribution in [2.75, 3.05) is 26.2 Å². The second-order valence-corrected chi connectivity index (χ2v) is 6.57. The standard InChI is InChI=1S/C20H24ClN3/c1-2-17-7-9-18(10-8-17)15-22-24-13-11-23(12-14-24)16-19-5-3-4-6-20(19)21/h3-10,15H,2,11-14,16H2,1H3. The van der Waals surface area contributed by atoms with E-state index in [-0.39, 0.29) is 0 Å². The lowest BCUT2D eigenvalue weighted by Crippen LogP contribution is -2.43. The van der Waals surface area contributed by atoms with E-state index in [1.54, 1.807) is 0 Å². The van der Waals surface area contributed by atoms with Crippen LogP contribution < -0.4 is 0 Å². The highest BCUT2D eigenvalue weighted by molar-refractivity contribution is 6.31. The van der Waals surface area contributed by atoms with Gasteiger partial charge in [0, 0.05) is 37.7 Å². The molecule has 0 saturated carbocycles. The van der Waals surface area contributed by atoms with Crippen LogP contribution in [0.2, 0.25) is 5.02 Å². The molecule has 0 unspecified atom stereocenters. The topological polar surface area (TPSA) is 18.8 Å². The summed E-state index contributed by atoms with van der Waals surface area (Å²) >= 11 is 6.25. The summed E-state index contributed by atoms with van der Waals surface area (Å²) in [6.45, 7) is 7.01. The Morgan fingerprint density at radius 1 is 1.00 bits per heavy atom. The van der Waals surface area contributed by atoms with E-state index in [0.29, 0.717) is 0 Å². The highest BCUT2D eigenvalue weighted by Gasteiger charge is 2.16. The Kier molecular flexibility index (Phi) is 5.89. The minimum absolute atomic E-state index is 0.855. The lowest BCUT2D eigenvalue weighted by Gasteiger charge is -2.33. The highest BCUT2D eigenvalue weighted by atomic mass is 35.5. The summed E-state index contributed by atoms with van der Waals surface area (Å²) in [5.74, 6) is 0. The normalized spacial score (nSPS) is 16.0. The first kappa shape index (κ1) is 17.0. The number of piperazine rings is 1. The zero-order chi connectivity index (χ0) is 16.8. The molecule has 0 atom stereocenters. The smallest absolute Gasteiger partial charge is 0.0542 e. The SMILES string of the molecule is CCc1ccc(C=NN2CCN(Cc3ccccc3Cl)CC2)cc1. The Bertz CT molecular complexity index is 674. The molecule has 0 spiro atoms. The molecule has 126 valence electrons. The van der Waals surface area contributed by atoms with Gasteiger partial charge in [-0.2, -0.15) is 5.10 Å². The van der Waals surface area contributed by atoms with Crippen molar-refractivity contribution < 1.29 is 0 Å². The van der Waals surface area contributed by atoms with Gasteiger partial charge >= 0.3 is 0 Å². The van der Waals surface area contributed by atoms with E-state index in [0.717, 1.165) is 49.7 Å². The summed E-state index contributed by atoms with van der Waals surface area (Å²) in [6.07, 6.45) is 3.04. The molecule has 0 radical (unpaired) electrons. The van der Waals surface area contributed by atoms with Gasteiger partial charge in [0.1, 0.15) is 0 Å². The van der Waals surface area contributed by atoms with Crippen LogP contribution in [0, 0.1) is 0 Å². The second-order valence-electron chi connectivity index (χ2n) is 6.16. The number of aryl methyl sites for hydroxylation is 1. The lowest BCUT2D eigenvalue weighted by molar-refractivity contribution is 0.131. The Morgan fingerprint density at radius 2 is 1.71 bits per heavy atom. The summed E-state index contributed by atoms with van der Waals surface area (Å²) < 4.78 is 0. The maximum atomic E-state index is 6.25. The average molecular weight is 342 g/mol. The van der Waals surface area contributed by atoms with Crippen LogP contribution in [0.15, 0.2) is 53.6 Å². The molecule has 0 bridgehead atoms. The van der Waals surface area contributed by atoms with Crippen LogP contribution in [-0.4, -0.2) is 42.3 Å². The molecule has 1 fully saturated rings. The van der Waals surface area contributed by atoms with Crippen molar-refractivity contribution in [3.63, 3.8) is 0 Å². The molecule has 2 aromatic carbocycles. The summed E-state index contributed by atoms with van der Waals surface area (Å²) in [7, 11) is 0. The molecule has 1 heterocycles. The first-order valence-corrected chi connectivity index (χ1v) is 8.96. The lowest BCUT2D eigenvalue weighted by atomic mass is 10.1. The number of hydrogen-bond acceptors (Lipinski definition) is 3. The molecular weight excluding hydrogens is 318 g/mol. The number of rotatable bonds is 5. The molecule has 0 aromatic heterocycles. The predicted octanol–water partition coefficient (Wildman–Crippen LogP) is 4.05. The predicted molar refractivity (Wildman–Crippen MR) is 102 cm³/mol. The number of nitrogens with zero attached hydrogens (tertiary/aromatic N) is 3. The summed E-state index contributed by atoms with van der Waals surface area (Å²) in [5.41, 5.74) is 3.72. The van der Waals surface area contributed by atoms with Crippen LogP contribution in [0.3, 0.4) is 0 Å². The van der Waals surface area contributed by atoms with E-state index in [1.807, 2.05) is 24.4 Å². The molecule has 2 aromatic rings. The first-order chi connectivity index (χ1) is 11.7. The molecule has 0 amide bonds. The van der Waals surface area contributed by atoms with Gasteiger partial charge in [-0.25, -0.2) is 0 Å². The second kappa shape index (κ2) is 8.32. The third-order valence-corrected chi connectivity index (χ3v) is 4.83. The molecule has 0 aliphatic carbocycles. The van der Waals surface area contributed by atoms with Gasteiger partial charge in [-0.1, -0.05) is 61.0 Å². The van der Waals surface area contributed by atoms with Crippen LogP contribution in [0.25, 0.3) is 0 Å². The first-order valence-electron chi connectivity index (χ1n) is 8.58. The number of hydrazone groups is 1. The zero-order valence-corrected chi connectivity index (χ0v) is 14.9. The Labute approximate surface area is 149 Å². The van der Waals surface area contributed by atoms with Gasteiger partial charge in [0.25, 0.3) is 0 Å². The van der Waals surface area contributed by atoms with E-state index < -0.39 is 0 Å². The molecular formula is C20H24ClN3. The van der Waals surface area contributed by atoms with Gasteiger partial charge in [-0.15, -0.1) is 0 Å². The van der Waals surface area contributed by atoms with E-state index in [1.165, 1.54) is 11.1 Å². The molecule has 3 nitrogen and oxygen atoms in total. The average Bonchev–Trinajstić information content (AvgIpc) is 2.63. The quantitative estimate of drug-likeness (QED) is 0.764. The number of hydrogen-bond donors (Lipinski definition) is 0. The minimum Gasteiger partial charge on any atom is -0.295 e. The van der Waals surface area contributed by atoms with Crippen molar-refractivity contribution in [1.82, 2.24) is 9.91 Å². The van der Waals surface area contributed by atoms with Crippen molar-refractivity contribution in [2.24, 2.45) is 5.10 Å². The van der Waals surface area contributed by atoms with Gasteiger partial charge in [-0.05, 0) is 29.2 Å². The Morgan fingerprint density at radius 3 is 2.38 bits per heavy atom. The highest BCUT2D eigenvalue weighted by Crippen LogP contribution is 2.18. The zero-order valence-electron chi connectivity index (χ0n) is 14.2.